The molecule has 4 rings (SSSR count). The van der Waals surface area contributed by atoms with Crippen molar-refractivity contribution in [1.29, 1.82) is 0 Å². The van der Waals surface area contributed by atoms with E-state index < -0.39 is 0 Å². The molecule has 27 heavy (non-hydrogen) atoms. The smallest absolute Gasteiger partial charge is 0.227 e. The summed E-state index contributed by atoms with van der Waals surface area (Å²) in [5, 5.41) is 7.25. The fraction of sp³-hybridized carbons (Fsp3) is 0.286. The van der Waals surface area contributed by atoms with Crippen LogP contribution in [0.5, 0.6) is 0 Å². The lowest BCUT2D eigenvalue weighted by atomic mass is 9.94. The quantitative estimate of drug-likeness (QED) is 0.764. The molecule has 0 radical (unpaired) electrons. The Hall–Kier alpha value is -3.02. The van der Waals surface area contributed by atoms with Crippen LogP contribution in [0.3, 0.4) is 0 Å². The molecule has 1 saturated heterocycles. The number of hydrogen-bond acceptors (Lipinski definition) is 3. The Morgan fingerprint density at radius 3 is 2.96 bits per heavy atom. The summed E-state index contributed by atoms with van der Waals surface area (Å²) in [4.78, 5) is 19.0. The van der Waals surface area contributed by atoms with Crippen molar-refractivity contribution in [2.75, 3.05) is 6.54 Å². The molecular formula is C21H21FN4O. The van der Waals surface area contributed by atoms with Crippen molar-refractivity contribution in [3.8, 4) is 11.1 Å². The molecule has 0 spiro atoms. The van der Waals surface area contributed by atoms with Crippen LogP contribution >= 0.6 is 0 Å². The fourth-order valence-corrected chi connectivity index (χ4v) is 3.75. The Morgan fingerprint density at radius 1 is 1.22 bits per heavy atom. The molecule has 0 aliphatic carbocycles. The van der Waals surface area contributed by atoms with Crippen LogP contribution in [0.25, 0.3) is 11.1 Å². The van der Waals surface area contributed by atoms with E-state index in [1.54, 1.807) is 24.7 Å². The third kappa shape index (κ3) is 3.74. The van der Waals surface area contributed by atoms with Crippen molar-refractivity contribution in [3.05, 3.63) is 72.1 Å². The third-order valence-corrected chi connectivity index (χ3v) is 5.04. The van der Waals surface area contributed by atoms with Crippen LogP contribution in [0.15, 0.2) is 55.0 Å². The van der Waals surface area contributed by atoms with Gasteiger partial charge in [-0.15, -0.1) is 0 Å². The van der Waals surface area contributed by atoms with Crippen LogP contribution in [0, 0.1) is 5.82 Å². The molecular weight excluding hydrogens is 343 g/mol. The van der Waals surface area contributed by atoms with E-state index in [9.17, 15) is 9.18 Å². The zero-order chi connectivity index (χ0) is 18.6. The van der Waals surface area contributed by atoms with Gasteiger partial charge in [0, 0.05) is 24.5 Å². The number of piperidine rings is 1. The summed E-state index contributed by atoms with van der Waals surface area (Å²) in [5.41, 5.74) is 3.39. The first-order valence-electron chi connectivity index (χ1n) is 9.20. The largest absolute Gasteiger partial charge is 0.334 e. The topological polar surface area (TPSA) is 61.9 Å². The normalized spacial score (nSPS) is 17.1. The van der Waals surface area contributed by atoms with Crippen LogP contribution in [-0.2, 0) is 11.2 Å². The zero-order valence-corrected chi connectivity index (χ0v) is 14.9. The minimum atomic E-state index is -0.284. The highest BCUT2D eigenvalue weighted by Crippen LogP contribution is 2.36. The van der Waals surface area contributed by atoms with Crippen LogP contribution in [-0.4, -0.2) is 32.5 Å². The first kappa shape index (κ1) is 17.4. The van der Waals surface area contributed by atoms with Crippen molar-refractivity contribution in [1.82, 2.24) is 20.1 Å². The maximum absolute atomic E-state index is 13.7. The van der Waals surface area contributed by atoms with Crippen LogP contribution < -0.4 is 0 Å². The number of hydrogen-bond donors (Lipinski definition) is 1. The highest BCUT2D eigenvalue weighted by molar-refractivity contribution is 5.79. The maximum atomic E-state index is 13.7. The Bertz CT molecular complexity index is 925. The monoisotopic (exact) mass is 364 g/mol. The average molecular weight is 364 g/mol. The minimum absolute atomic E-state index is 0.0764. The van der Waals surface area contributed by atoms with Gasteiger partial charge in [-0.25, -0.2) is 4.39 Å². The predicted octanol–water partition coefficient (Wildman–Crippen LogP) is 3.91. The number of nitrogens with zero attached hydrogens (tertiary/aromatic N) is 3. The molecule has 3 aromatic rings. The van der Waals surface area contributed by atoms with Gasteiger partial charge in [-0.05, 0) is 48.6 Å². The van der Waals surface area contributed by atoms with Gasteiger partial charge in [0.05, 0.1) is 24.4 Å². The molecule has 0 bridgehead atoms. The molecule has 1 aliphatic heterocycles. The van der Waals surface area contributed by atoms with E-state index in [-0.39, 0.29) is 17.8 Å². The highest BCUT2D eigenvalue weighted by atomic mass is 19.1. The molecule has 3 heterocycles. The van der Waals surface area contributed by atoms with E-state index in [2.05, 4.69) is 15.2 Å². The van der Waals surface area contributed by atoms with Gasteiger partial charge in [0.2, 0.25) is 5.91 Å². The summed E-state index contributed by atoms with van der Waals surface area (Å²) in [6, 6.07) is 10.1. The van der Waals surface area contributed by atoms with Gasteiger partial charge in [-0.3, -0.25) is 14.9 Å². The van der Waals surface area contributed by atoms with E-state index in [0.29, 0.717) is 13.0 Å². The fourth-order valence-electron chi connectivity index (χ4n) is 3.75. The molecule has 1 N–H and O–H groups in total. The van der Waals surface area contributed by atoms with Gasteiger partial charge in [-0.2, -0.15) is 5.10 Å². The number of rotatable bonds is 4. The second kappa shape index (κ2) is 7.70. The molecule has 1 aromatic carbocycles. The SMILES string of the molecule is O=C(Cc1cccnc1)N1CCCC[C@@H]1c1[nH]ncc1-c1cccc(F)c1. The van der Waals surface area contributed by atoms with E-state index >= 15 is 0 Å². The number of benzene rings is 1. The second-order valence-corrected chi connectivity index (χ2v) is 6.84. The molecule has 1 fully saturated rings. The lowest BCUT2D eigenvalue weighted by Crippen LogP contribution is -2.39. The molecule has 2 aromatic heterocycles. The molecule has 6 heteroatoms. The summed E-state index contributed by atoms with van der Waals surface area (Å²) in [5.74, 6) is -0.208. The number of aromatic nitrogens is 3. The molecule has 1 atom stereocenters. The van der Waals surface area contributed by atoms with Gasteiger partial charge in [-0.1, -0.05) is 18.2 Å². The minimum Gasteiger partial charge on any atom is -0.334 e. The second-order valence-electron chi connectivity index (χ2n) is 6.84. The standard InChI is InChI=1S/C21H21FN4O/c22-17-7-3-6-16(12-17)18-14-24-25-21(18)19-8-1-2-10-26(19)20(27)11-15-5-4-9-23-13-15/h3-7,9,12-14,19H,1-2,8,10-11H2,(H,24,25)/t19-/m1/s1. The Balaban J connectivity index is 1.62. The van der Waals surface area contributed by atoms with Gasteiger partial charge >= 0.3 is 0 Å². The Kier molecular flexibility index (Phi) is 4.96. The van der Waals surface area contributed by atoms with Crippen LogP contribution in [0.2, 0.25) is 0 Å². The summed E-state index contributed by atoms with van der Waals surface area (Å²) in [6.07, 6.45) is 8.36. The number of aromatic amines is 1. The summed E-state index contributed by atoms with van der Waals surface area (Å²) in [7, 11) is 0. The highest BCUT2D eigenvalue weighted by Gasteiger charge is 2.31. The van der Waals surface area contributed by atoms with Crippen molar-refractivity contribution in [3.63, 3.8) is 0 Å². The number of pyridine rings is 1. The molecule has 1 amide bonds. The van der Waals surface area contributed by atoms with E-state index in [0.717, 1.165) is 41.6 Å². The summed E-state index contributed by atoms with van der Waals surface area (Å²) < 4.78 is 13.7. The van der Waals surface area contributed by atoms with Crippen LogP contribution in [0.1, 0.15) is 36.6 Å². The number of amides is 1. The van der Waals surface area contributed by atoms with E-state index in [1.165, 1.54) is 12.1 Å². The number of halogens is 1. The Morgan fingerprint density at radius 2 is 2.15 bits per heavy atom. The van der Waals surface area contributed by atoms with Crippen LogP contribution in [0.4, 0.5) is 4.39 Å². The van der Waals surface area contributed by atoms with Crippen molar-refractivity contribution < 1.29 is 9.18 Å². The van der Waals surface area contributed by atoms with E-state index in [1.807, 2.05) is 23.1 Å². The molecule has 1 aliphatic rings. The number of nitrogens with one attached hydrogen (secondary N) is 1. The van der Waals surface area contributed by atoms with Crippen molar-refractivity contribution >= 4 is 5.91 Å². The van der Waals surface area contributed by atoms with Crippen molar-refractivity contribution in [2.45, 2.75) is 31.7 Å². The molecule has 138 valence electrons. The average Bonchev–Trinajstić information content (AvgIpc) is 3.18. The number of H-pyrrole nitrogens is 1. The van der Waals surface area contributed by atoms with Gasteiger partial charge in [0.25, 0.3) is 0 Å². The summed E-state index contributed by atoms with van der Waals surface area (Å²) in [6.45, 7) is 0.714. The van der Waals surface area contributed by atoms with Gasteiger partial charge in [0.1, 0.15) is 5.82 Å². The van der Waals surface area contributed by atoms with Crippen molar-refractivity contribution in [2.24, 2.45) is 0 Å². The number of likely N-dealkylation sites (tertiary alicyclic amines) is 1. The van der Waals surface area contributed by atoms with E-state index in [4.69, 9.17) is 0 Å². The molecule has 0 unspecified atom stereocenters. The number of carbonyl (C=O) groups excluding carboxylic acids is 1. The molecule has 5 nitrogen and oxygen atoms in total. The first-order chi connectivity index (χ1) is 13.2. The number of carbonyl (C=O) groups is 1. The molecule has 0 saturated carbocycles. The van der Waals surface area contributed by atoms with Gasteiger partial charge < -0.3 is 4.90 Å². The maximum Gasteiger partial charge on any atom is 0.227 e. The lowest BCUT2D eigenvalue weighted by molar-refractivity contribution is -0.134. The zero-order valence-electron chi connectivity index (χ0n) is 14.9. The predicted molar refractivity (Wildman–Crippen MR) is 100 cm³/mol. The first-order valence-corrected chi connectivity index (χ1v) is 9.20. The van der Waals surface area contributed by atoms with Gasteiger partial charge in [0.15, 0.2) is 0 Å². The lowest BCUT2D eigenvalue weighted by Gasteiger charge is -2.36. The summed E-state index contributed by atoms with van der Waals surface area (Å²) >= 11 is 0. The Labute approximate surface area is 157 Å². The third-order valence-electron chi connectivity index (χ3n) is 5.04.